The normalized spacial score (nSPS) is 11.1. The Hall–Kier alpha value is -1.64. The van der Waals surface area contributed by atoms with Crippen LogP contribution in [0.4, 0.5) is 0 Å². The number of hydrogen-bond acceptors (Lipinski definition) is 7. The van der Waals surface area contributed by atoms with E-state index in [1.54, 1.807) is 10.8 Å². The molecule has 1 nitrogen and oxygen atoms in total. The average Bonchev–Trinajstić information content (AvgIpc) is 3.28. The Morgan fingerprint density at radius 1 is 0.595 bits per heavy atom. The summed E-state index contributed by atoms with van der Waals surface area (Å²) < 4.78 is 0.171. The molecule has 0 bridgehead atoms. The van der Waals surface area contributed by atoms with E-state index in [9.17, 15) is 4.79 Å². The van der Waals surface area contributed by atoms with Gasteiger partial charge in [-0.15, -0.1) is 0 Å². The number of benzene rings is 3. The summed E-state index contributed by atoms with van der Waals surface area (Å²) >= 11 is 22.7. The molecule has 8 heteroatoms. The number of hydrogen-bond donors (Lipinski definition) is 0. The van der Waals surface area contributed by atoms with Gasteiger partial charge in [0.25, 0.3) is 4.06 Å². The molecule has 0 saturated heterocycles. The van der Waals surface area contributed by atoms with Crippen LogP contribution in [0.3, 0.4) is 0 Å². The van der Waals surface area contributed by atoms with Gasteiger partial charge in [-0.3, -0.25) is 4.79 Å². The molecule has 0 N–H and O–H groups in total. The second kappa shape index (κ2) is 17.6. The molecule has 0 unspecified atom stereocenters. The van der Waals surface area contributed by atoms with Crippen molar-refractivity contribution < 1.29 is 16.5 Å². The van der Waals surface area contributed by atoms with E-state index in [0.717, 1.165) is 25.8 Å². The van der Waals surface area contributed by atoms with E-state index in [4.69, 9.17) is 50.5 Å². The summed E-state index contributed by atoms with van der Waals surface area (Å²) in [5.74, 6) is 0. The molecule has 0 radical (unpaired) electrons. The van der Waals surface area contributed by atoms with Crippen LogP contribution in [0.2, 0.25) is 0 Å². The molecule has 0 aliphatic heterocycles. The van der Waals surface area contributed by atoms with Crippen LogP contribution < -0.4 is 4.06 Å². The maximum absolute atomic E-state index is 11.2. The quantitative estimate of drug-likeness (QED) is 0.155. The minimum Gasteiger partial charge on any atom is -0.789 e. The first-order valence-corrected chi connectivity index (χ1v) is 16.5. The van der Waals surface area contributed by atoms with Gasteiger partial charge in [0.2, 0.25) is 0 Å². The Morgan fingerprint density at radius 3 is 1.17 bits per heavy atom. The summed E-state index contributed by atoms with van der Waals surface area (Å²) in [5.41, 5.74) is 14.6. The van der Waals surface area contributed by atoms with Gasteiger partial charge in [-0.05, 0) is 112 Å². The van der Waals surface area contributed by atoms with Crippen LogP contribution in [0.15, 0.2) is 57.4 Å². The first-order chi connectivity index (χ1) is 19.2. The van der Waals surface area contributed by atoms with Crippen LogP contribution >= 0.6 is 22.7 Å². The van der Waals surface area contributed by atoms with Crippen molar-refractivity contribution in [2.75, 3.05) is 0 Å². The van der Waals surface area contributed by atoms with Gasteiger partial charge in [-0.25, -0.2) is 10.8 Å². The van der Waals surface area contributed by atoms with Gasteiger partial charge in [0.15, 0.2) is 0 Å². The molecule has 0 aliphatic rings. The zero-order valence-electron chi connectivity index (χ0n) is 25.4. The van der Waals surface area contributed by atoms with Crippen molar-refractivity contribution in [3.63, 3.8) is 0 Å². The Morgan fingerprint density at radius 2 is 0.905 bits per heavy atom. The first kappa shape index (κ1) is 38.4. The SMILES string of the molecule is Cc1cc(C)c(-c2csc(=O)s2)c(C)c1.Cc1cc(C)c(C([S-])=C[S-])c(C)c1.Cc1cc(C)c(C([S-])=C[S-])c(C)c1.[Ni]. The van der Waals surface area contributed by atoms with Crippen LogP contribution in [-0.2, 0) is 67.0 Å². The fourth-order valence-corrected chi connectivity index (χ4v) is 7.92. The second-order valence-corrected chi connectivity index (χ2v) is 13.7. The van der Waals surface area contributed by atoms with Gasteiger partial charge < -0.3 is 50.5 Å². The van der Waals surface area contributed by atoms with Crippen LogP contribution in [-0.4, -0.2) is 0 Å². The Kier molecular flexibility index (Phi) is 16.1. The molecule has 1 aromatic heterocycles. The van der Waals surface area contributed by atoms with Crippen molar-refractivity contribution in [1.29, 1.82) is 0 Å². The Labute approximate surface area is 292 Å². The van der Waals surface area contributed by atoms with E-state index in [0.29, 0.717) is 0 Å². The molecule has 0 saturated carbocycles. The summed E-state index contributed by atoms with van der Waals surface area (Å²) in [6.45, 7) is 18.8. The molecular weight excluding hydrogens is 675 g/mol. The van der Waals surface area contributed by atoms with Gasteiger partial charge >= 0.3 is 0 Å². The van der Waals surface area contributed by atoms with Gasteiger partial charge in [0.05, 0.1) is 0 Å². The van der Waals surface area contributed by atoms with Crippen molar-refractivity contribution in [3.05, 3.63) is 123 Å². The van der Waals surface area contributed by atoms with Crippen molar-refractivity contribution in [3.8, 4) is 10.4 Å². The number of aryl methyl sites for hydroxylation is 9. The molecule has 1 heterocycles. The fraction of sp³-hybridized carbons (Fsp3) is 0.265. The van der Waals surface area contributed by atoms with Crippen LogP contribution in [0, 0.1) is 62.3 Å². The average molecular weight is 712 g/mol. The van der Waals surface area contributed by atoms with E-state index in [1.807, 2.05) is 5.38 Å². The zero-order chi connectivity index (χ0) is 31.0. The van der Waals surface area contributed by atoms with Gasteiger partial charge in [-0.2, -0.15) is 9.81 Å². The molecule has 0 aliphatic carbocycles. The molecule has 0 fully saturated rings. The van der Waals surface area contributed by atoms with Crippen molar-refractivity contribution in [2.45, 2.75) is 62.3 Å². The van der Waals surface area contributed by atoms with Gasteiger partial charge in [0.1, 0.15) is 0 Å². The first-order valence-electron chi connectivity index (χ1n) is 13.0. The molecule has 3 aromatic carbocycles. The maximum atomic E-state index is 11.2. The Bertz CT molecular complexity index is 1500. The van der Waals surface area contributed by atoms with Crippen molar-refractivity contribution in [1.82, 2.24) is 0 Å². The van der Waals surface area contributed by atoms with E-state index in [-0.39, 0.29) is 20.5 Å². The van der Waals surface area contributed by atoms with E-state index < -0.39 is 0 Å². The van der Waals surface area contributed by atoms with E-state index >= 15 is 0 Å². The fourth-order valence-electron chi connectivity index (χ4n) is 5.17. The minimum atomic E-state index is 0. The van der Waals surface area contributed by atoms with Crippen LogP contribution in [0.5, 0.6) is 0 Å². The Balaban J connectivity index is 0.000000313. The molecule has 0 amide bonds. The molecule has 4 rings (SSSR count). The van der Waals surface area contributed by atoms with Crippen LogP contribution in [0.25, 0.3) is 20.3 Å². The van der Waals surface area contributed by atoms with Gasteiger partial charge in [0, 0.05) is 26.7 Å². The molecule has 228 valence electrons. The molecule has 42 heavy (non-hydrogen) atoms. The molecular formula is C34H36NiOS6-4. The maximum Gasteiger partial charge on any atom is 0.287 e. The smallest absolute Gasteiger partial charge is 0.287 e. The summed E-state index contributed by atoms with van der Waals surface area (Å²) in [5, 5.41) is 5.09. The third kappa shape index (κ3) is 10.5. The summed E-state index contributed by atoms with van der Waals surface area (Å²) in [4.78, 5) is 13.8. The zero-order valence-corrected chi connectivity index (χ0v) is 31.3. The minimum absolute atomic E-state index is 0. The third-order valence-corrected chi connectivity index (χ3v) is 9.80. The number of rotatable bonds is 3. The topological polar surface area (TPSA) is 17.1 Å². The van der Waals surface area contributed by atoms with Crippen LogP contribution in [0.1, 0.15) is 61.2 Å². The third-order valence-electron chi connectivity index (χ3n) is 6.44. The molecule has 0 spiro atoms. The summed E-state index contributed by atoms with van der Waals surface area (Å²) in [6.07, 6.45) is 0. The molecule has 4 aromatic rings. The van der Waals surface area contributed by atoms with Crippen molar-refractivity contribution >= 4 is 83.0 Å². The monoisotopic (exact) mass is 710 g/mol. The van der Waals surface area contributed by atoms with Crippen molar-refractivity contribution in [2.24, 2.45) is 0 Å². The largest absolute Gasteiger partial charge is 0.789 e. The van der Waals surface area contributed by atoms with E-state index in [2.05, 4.69) is 98.7 Å². The standard InChI is InChI=1S/C12H12OS2.2C11H14S2.Ni/c1-7-4-8(2)11(9(3)5-7)10-6-14-12(13)15-10;2*1-7-4-8(2)11(9(3)5-7)10(13)6-12;/h4-6H,1-3H3;2*4-6,12-13H,1-3H3;/p-4. The summed E-state index contributed by atoms with van der Waals surface area (Å²) in [7, 11) is 0. The van der Waals surface area contributed by atoms with E-state index in [1.165, 1.54) is 78.3 Å². The summed E-state index contributed by atoms with van der Waals surface area (Å²) in [6, 6.07) is 12.9. The van der Waals surface area contributed by atoms with Gasteiger partial charge in [-0.1, -0.05) is 75.8 Å². The second-order valence-electron chi connectivity index (χ2n) is 10.2. The molecule has 0 atom stereocenters. The predicted octanol–water partition coefficient (Wildman–Crippen LogP) is 9.77. The predicted molar refractivity (Wildman–Crippen MR) is 195 cm³/mol.